The summed E-state index contributed by atoms with van der Waals surface area (Å²) >= 11 is 0. The maximum absolute atomic E-state index is 9.67. The van der Waals surface area contributed by atoms with Crippen molar-refractivity contribution in [2.24, 2.45) is 0 Å². The van der Waals surface area contributed by atoms with Crippen LogP contribution in [0.3, 0.4) is 0 Å². The third-order valence-electron chi connectivity index (χ3n) is 2.76. The van der Waals surface area contributed by atoms with Gasteiger partial charge in [0.2, 0.25) is 5.65 Å². The predicted octanol–water partition coefficient (Wildman–Crippen LogP) is 2.11. The zero-order chi connectivity index (χ0) is 12.5. The van der Waals surface area contributed by atoms with E-state index in [2.05, 4.69) is 10.2 Å². The van der Waals surface area contributed by atoms with E-state index >= 15 is 0 Å². The molecule has 0 atom stereocenters. The molecule has 0 aliphatic carbocycles. The minimum Gasteiger partial charge on any atom is -0.504 e. The number of hydrogen-bond acceptors (Lipinski definition) is 4. The number of rotatable bonds is 2. The van der Waals surface area contributed by atoms with E-state index in [0.29, 0.717) is 11.5 Å². The lowest BCUT2D eigenvalue weighted by atomic mass is 10.2. The van der Waals surface area contributed by atoms with Crippen LogP contribution in [0.4, 0.5) is 0 Å². The molecular formula is C13H11N3O2. The lowest BCUT2D eigenvalue weighted by Crippen LogP contribution is -1.89. The van der Waals surface area contributed by atoms with Crippen LogP contribution in [0.25, 0.3) is 17.0 Å². The van der Waals surface area contributed by atoms with E-state index in [1.54, 1.807) is 23.6 Å². The summed E-state index contributed by atoms with van der Waals surface area (Å²) in [5, 5.41) is 17.7. The molecule has 0 aliphatic rings. The number of nitrogens with zero attached hydrogens (tertiary/aromatic N) is 3. The minimum atomic E-state index is 0.116. The van der Waals surface area contributed by atoms with Gasteiger partial charge in [0.05, 0.1) is 7.11 Å². The first-order valence-corrected chi connectivity index (χ1v) is 5.47. The molecule has 5 heteroatoms. The molecule has 0 amide bonds. The number of benzene rings is 1. The molecule has 2 aromatic heterocycles. The second-order valence-electron chi connectivity index (χ2n) is 3.84. The highest BCUT2D eigenvalue weighted by Gasteiger charge is 2.10. The highest BCUT2D eigenvalue weighted by molar-refractivity contribution is 5.63. The summed E-state index contributed by atoms with van der Waals surface area (Å²) in [6.07, 6.45) is 1.81. The van der Waals surface area contributed by atoms with Crippen molar-refractivity contribution in [3.05, 3.63) is 42.6 Å². The van der Waals surface area contributed by atoms with Gasteiger partial charge in [-0.25, -0.2) is 0 Å². The second kappa shape index (κ2) is 4.03. The van der Waals surface area contributed by atoms with Crippen LogP contribution in [-0.4, -0.2) is 26.8 Å². The Kier molecular flexibility index (Phi) is 2.37. The van der Waals surface area contributed by atoms with Crippen molar-refractivity contribution in [3.8, 4) is 22.9 Å². The summed E-state index contributed by atoms with van der Waals surface area (Å²) in [7, 11) is 1.62. The summed E-state index contributed by atoms with van der Waals surface area (Å²) in [5.74, 6) is 1.59. The number of hydrogen-bond donors (Lipinski definition) is 1. The summed E-state index contributed by atoms with van der Waals surface area (Å²) in [6.45, 7) is 0. The van der Waals surface area contributed by atoms with Gasteiger partial charge in [-0.1, -0.05) is 0 Å². The molecule has 0 saturated carbocycles. The Bertz CT molecular complexity index is 689. The first kappa shape index (κ1) is 10.6. The van der Waals surface area contributed by atoms with Gasteiger partial charge in [0, 0.05) is 11.8 Å². The van der Waals surface area contributed by atoms with Crippen molar-refractivity contribution in [1.29, 1.82) is 0 Å². The topological polar surface area (TPSA) is 59.7 Å². The lowest BCUT2D eigenvalue weighted by Gasteiger charge is -2.02. The standard InChI is InChI=1S/C13H11N3O2/c1-18-10-6-4-9(5-7-10)12-14-15-13-11(17)3-2-8-16(12)13/h2-8,17H,1H3. The van der Waals surface area contributed by atoms with Crippen molar-refractivity contribution in [2.45, 2.75) is 0 Å². The SMILES string of the molecule is COc1ccc(-c2nnc3c(O)cccn23)cc1. The zero-order valence-electron chi connectivity index (χ0n) is 9.74. The molecule has 0 fully saturated rings. The van der Waals surface area contributed by atoms with Crippen LogP contribution in [0.2, 0.25) is 0 Å². The van der Waals surface area contributed by atoms with E-state index < -0.39 is 0 Å². The van der Waals surface area contributed by atoms with Crippen molar-refractivity contribution in [2.75, 3.05) is 7.11 Å². The summed E-state index contributed by atoms with van der Waals surface area (Å²) in [6, 6.07) is 10.9. The third kappa shape index (κ3) is 1.57. The summed E-state index contributed by atoms with van der Waals surface area (Å²) in [5.41, 5.74) is 1.36. The summed E-state index contributed by atoms with van der Waals surface area (Å²) in [4.78, 5) is 0. The van der Waals surface area contributed by atoms with E-state index in [1.807, 2.05) is 30.5 Å². The van der Waals surface area contributed by atoms with Gasteiger partial charge in [-0.05, 0) is 36.4 Å². The fraction of sp³-hybridized carbons (Fsp3) is 0.0769. The van der Waals surface area contributed by atoms with Gasteiger partial charge < -0.3 is 9.84 Å². The average molecular weight is 241 g/mol. The van der Waals surface area contributed by atoms with Crippen molar-refractivity contribution < 1.29 is 9.84 Å². The minimum absolute atomic E-state index is 0.116. The van der Waals surface area contributed by atoms with Gasteiger partial charge in [-0.3, -0.25) is 4.40 Å². The predicted molar refractivity (Wildman–Crippen MR) is 66.6 cm³/mol. The number of ether oxygens (including phenoxy) is 1. The van der Waals surface area contributed by atoms with E-state index in [4.69, 9.17) is 4.74 Å². The molecule has 0 unspecified atom stereocenters. The Morgan fingerprint density at radius 3 is 2.61 bits per heavy atom. The molecule has 3 rings (SSSR count). The number of aromatic hydroxyl groups is 1. The normalized spacial score (nSPS) is 10.7. The fourth-order valence-electron chi connectivity index (χ4n) is 1.84. The summed E-state index contributed by atoms with van der Waals surface area (Å²) < 4.78 is 6.86. The average Bonchev–Trinajstić information content (AvgIpc) is 2.84. The molecule has 0 aliphatic heterocycles. The van der Waals surface area contributed by atoms with Gasteiger partial charge in [0.1, 0.15) is 5.75 Å². The van der Waals surface area contributed by atoms with E-state index in [1.165, 1.54) is 0 Å². The smallest absolute Gasteiger partial charge is 0.203 e. The molecule has 0 saturated heterocycles. The van der Waals surface area contributed by atoms with Crippen LogP contribution in [0.5, 0.6) is 11.5 Å². The van der Waals surface area contributed by atoms with E-state index in [9.17, 15) is 5.11 Å². The molecule has 2 heterocycles. The number of fused-ring (bicyclic) bond motifs is 1. The second-order valence-corrected chi connectivity index (χ2v) is 3.84. The van der Waals surface area contributed by atoms with Crippen LogP contribution in [0.15, 0.2) is 42.6 Å². The zero-order valence-corrected chi connectivity index (χ0v) is 9.74. The van der Waals surface area contributed by atoms with Crippen LogP contribution in [0, 0.1) is 0 Å². The van der Waals surface area contributed by atoms with E-state index in [-0.39, 0.29) is 5.75 Å². The third-order valence-corrected chi connectivity index (χ3v) is 2.76. The largest absolute Gasteiger partial charge is 0.504 e. The maximum atomic E-state index is 9.67. The molecule has 0 radical (unpaired) electrons. The van der Waals surface area contributed by atoms with Crippen molar-refractivity contribution in [3.63, 3.8) is 0 Å². The van der Waals surface area contributed by atoms with Crippen LogP contribution >= 0.6 is 0 Å². The quantitative estimate of drug-likeness (QED) is 0.746. The van der Waals surface area contributed by atoms with Gasteiger partial charge in [0.15, 0.2) is 11.6 Å². The van der Waals surface area contributed by atoms with Gasteiger partial charge >= 0.3 is 0 Å². The molecular weight excluding hydrogens is 230 g/mol. The Labute approximate surface area is 103 Å². The number of aromatic nitrogens is 3. The van der Waals surface area contributed by atoms with E-state index in [0.717, 1.165) is 11.3 Å². The van der Waals surface area contributed by atoms with Crippen molar-refractivity contribution >= 4 is 5.65 Å². The molecule has 90 valence electrons. The Morgan fingerprint density at radius 2 is 1.89 bits per heavy atom. The molecule has 3 aromatic rings. The van der Waals surface area contributed by atoms with Crippen LogP contribution in [0.1, 0.15) is 0 Å². The first-order valence-electron chi connectivity index (χ1n) is 5.47. The van der Waals surface area contributed by atoms with Gasteiger partial charge in [-0.2, -0.15) is 0 Å². The van der Waals surface area contributed by atoms with Crippen molar-refractivity contribution in [1.82, 2.24) is 14.6 Å². The van der Waals surface area contributed by atoms with Crippen LogP contribution in [-0.2, 0) is 0 Å². The molecule has 5 nitrogen and oxygen atoms in total. The highest BCUT2D eigenvalue weighted by Crippen LogP contribution is 2.24. The van der Waals surface area contributed by atoms with Crippen LogP contribution < -0.4 is 4.74 Å². The highest BCUT2D eigenvalue weighted by atomic mass is 16.5. The Balaban J connectivity index is 2.16. The molecule has 1 N–H and O–H groups in total. The Hall–Kier alpha value is -2.56. The monoisotopic (exact) mass is 241 g/mol. The fourth-order valence-corrected chi connectivity index (χ4v) is 1.84. The molecule has 18 heavy (non-hydrogen) atoms. The molecule has 1 aromatic carbocycles. The Morgan fingerprint density at radius 1 is 1.11 bits per heavy atom. The van der Waals surface area contributed by atoms with Gasteiger partial charge in [0.25, 0.3) is 0 Å². The first-order chi connectivity index (χ1) is 8.79. The lowest BCUT2D eigenvalue weighted by molar-refractivity contribution is 0.415. The molecule has 0 spiro atoms. The maximum Gasteiger partial charge on any atom is 0.203 e. The molecule has 0 bridgehead atoms. The van der Waals surface area contributed by atoms with Gasteiger partial charge in [-0.15, -0.1) is 10.2 Å². The number of methoxy groups -OCH3 is 1. The number of pyridine rings is 1.